The quantitative estimate of drug-likeness (QED) is 0.822. The molecule has 2 heterocycles. The molecule has 2 aromatic rings. The summed E-state index contributed by atoms with van der Waals surface area (Å²) in [5.41, 5.74) is 2.41. The number of methoxy groups -OCH3 is 1. The summed E-state index contributed by atoms with van der Waals surface area (Å²) in [6.07, 6.45) is 3.31. The Balaban J connectivity index is 1.36. The van der Waals surface area contributed by atoms with Gasteiger partial charge in [0.2, 0.25) is 0 Å². The number of carbonyl (C=O) groups excluding carboxylic acids is 2. The minimum Gasteiger partial charge on any atom is -0.497 e. The number of Topliss-reactive ketones (excluding diaryl/α,β-unsaturated/α-hetero) is 1. The van der Waals surface area contributed by atoms with Crippen LogP contribution in [0.4, 0.5) is 4.79 Å². The first-order valence-corrected chi connectivity index (χ1v) is 10.5. The summed E-state index contributed by atoms with van der Waals surface area (Å²) in [6.45, 7) is 7.07. The summed E-state index contributed by atoms with van der Waals surface area (Å²) >= 11 is 0. The van der Waals surface area contributed by atoms with Crippen molar-refractivity contribution in [3.05, 3.63) is 29.5 Å². The molecule has 1 aromatic heterocycles. The van der Waals surface area contributed by atoms with Crippen LogP contribution in [0.25, 0.3) is 10.9 Å². The van der Waals surface area contributed by atoms with Gasteiger partial charge in [-0.1, -0.05) is 0 Å². The van der Waals surface area contributed by atoms with Crippen LogP contribution < -0.4 is 4.74 Å². The van der Waals surface area contributed by atoms with Gasteiger partial charge < -0.3 is 19.4 Å². The number of nitrogens with zero attached hydrogens (tertiary/aromatic N) is 1. The van der Waals surface area contributed by atoms with Gasteiger partial charge in [0.05, 0.1) is 12.8 Å². The lowest BCUT2D eigenvalue weighted by Crippen LogP contribution is -2.42. The molecule has 1 saturated heterocycles. The highest BCUT2D eigenvalue weighted by Gasteiger charge is 2.36. The zero-order valence-electron chi connectivity index (χ0n) is 17.7. The standard InChI is InChI=1S/C23H30N2O4/c1-23(2,3)29-22(27)25-9-7-14(8-10-25)11-15-12-18-17-6-5-16(28-4)13-19(17)24-20(18)21(15)26/h5-6,13-15,24H,7-12H2,1-4H3. The maximum Gasteiger partial charge on any atom is 0.410 e. The SMILES string of the molecule is COc1ccc2c3c([nH]c2c1)C(=O)C(CC1CCN(C(=O)OC(C)(C)C)CC1)C3. The number of amides is 1. The van der Waals surface area contributed by atoms with Crippen molar-refractivity contribution in [2.24, 2.45) is 11.8 Å². The third-order valence-corrected chi connectivity index (χ3v) is 6.07. The second-order valence-electron chi connectivity index (χ2n) is 9.30. The molecule has 1 aromatic carbocycles. The molecule has 156 valence electrons. The number of benzene rings is 1. The molecule has 1 fully saturated rings. The molecule has 1 N–H and O–H groups in total. The summed E-state index contributed by atoms with van der Waals surface area (Å²) in [4.78, 5) is 30.3. The lowest BCUT2D eigenvalue weighted by molar-refractivity contribution is 0.0175. The first-order chi connectivity index (χ1) is 13.7. The second-order valence-corrected chi connectivity index (χ2v) is 9.30. The van der Waals surface area contributed by atoms with Crippen LogP contribution in [0.5, 0.6) is 5.75 Å². The molecule has 1 amide bonds. The molecule has 29 heavy (non-hydrogen) atoms. The Hall–Kier alpha value is -2.50. The van der Waals surface area contributed by atoms with Gasteiger partial charge in [-0.3, -0.25) is 4.79 Å². The number of aromatic nitrogens is 1. The molecule has 1 aliphatic heterocycles. The van der Waals surface area contributed by atoms with Crippen LogP contribution in [0.15, 0.2) is 18.2 Å². The molecule has 1 aliphatic carbocycles. The number of hydrogen-bond acceptors (Lipinski definition) is 4. The van der Waals surface area contributed by atoms with Gasteiger partial charge in [-0.15, -0.1) is 0 Å². The normalized spacial score (nSPS) is 20.2. The smallest absolute Gasteiger partial charge is 0.410 e. The number of H-pyrrole nitrogens is 1. The molecule has 0 bridgehead atoms. The summed E-state index contributed by atoms with van der Waals surface area (Å²) in [7, 11) is 1.65. The predicted octanol–water partition coefficient (Wildman–Crippen LogP) is 4.57. The van der Waals surface area contributed by atoms with Crippen LogP contribution in [0.1, 0.15) is 56.1 Å². The molecule has 1 atom stereocenters. The molecular weight excluding hydrogens is 368 g/mol. The van der Waals surface area contributed by atoms with Gasteiger partial charge in [0.15, 0.2) is 5.78 Å². The van der Waals surface area contributed by atoms with Gasteiger partial charge in [0, 0.05) is 36.0 Å². The minimum absolute atomic E-state index is 0.0424. The third kappa shape index (κ3) is 3.98. The largest absolute Gasteiger partial charge is 0.497 e. The number of piperidine rings is 1. The Morgan fingerprint density at radius 2 is 1.97 bits per heavy atom. The molecule has 0 radical (unpaired) electrons. The maximum atomic E-state index is 13.0. The Labute approximate surface area is 171 Å². The number of likely N-dealkylation sites (tertiary alicyclic amines) is 1. The van der Waals surface area contributed by atoms with Crippen LogP contribution in [0, 0.1) is 11.8 Å². The van der Waals surface area contributed by atoms with Crippen molar-refractivity contribution in [2.75, 3.05) is 20.2 Å². The Morgan fingerprint density at radius 1 is 1.24 bits per heavy atom. The topological polar surface area (TPSA) is 71.6 Å². The number of rotatable bonds is 3. The van der Waals surface area contributed by atoms with E-state index in [9.17, 15) is 9.59 Å². The van der Waals surface area contributed by atoms with Gasteiger partial charge in [-0.2, -0.15) is 0 Å². The highest BCUT2D eigenvalue weighted by atomic mass is 16.6. The summed E-state index contributed by atoms with van der Waals surface area (Å²) < 4.78 is 10.8. The van der Waals surface area contributed by atoms with Gasteiger partial charge in [0.1, 0.15) is 11.4 Å². The fraction of sp³-hybridized carbons (Fsp3) is 0.565. The molecule has 0 spiro atoms. The summed E-state index contributed by atoms with van der Waals surface area (Å²) in [6, 6.07) is 5.93. The fourth-order valence-corrected chi connectivity index (χ4v) is 4.60. The molecule has 1 unspecified atom stereocenters. The van der Waals surface area contributed by atoms with E-state index in [1.165, 1.54) is 0 Å². The van der Waals surface area contributed by atoms with E-state index in [-0.39, 0.29) is 17.8 Å². The second kappa shape index (κ2) is 7.39. The first kappa shape index (κ1) is 19.8. The van der Waals surface area contributed by atoms with Crippen molar-refractivity contribution in [3.8, 4) is 5.75 Å². The molecule has 6 nitrogen and oxygen atoms in total. The highest BCUT2D eigenvalue weighted by molar-refractivity contribution is 6.07. The van der Waals surface area contributed by atoms with Crippen molar-refractivity contribution in [3.63, 3.8) is 0 Å². The zero-order chi connectivity index (χ0) is 20.8. The number of hydrogen-bond donors (Lipinski definition) is 1. The van der Waals surface area contributed by atoms with Crippen molar-refractivity contribution in [1.82, 2.24) is 9.88 Å². The number of carbonyl (C=O) groups is 2. The average Bonchev–Trinajstić information content (AvgIpc) is 3.17. The van der Waals surface area contributed by atoms with E-state index in [1.807, 2.05) is 39.0 Å². The van der Waals surface area contributed by atoms with Crippen LogP contribution in [0.2, 0.25) is 0 Å². The van der Waals surface area contributed by atoms with Crippen molar-refractivity contribution in [1.29, 1.82) is 0 Å². The zero-order valence-corrected chi connectivity index (χ0v) is 17.7. The maximum absolute atomic E-state index is 13.0. The number of fused-ring (bicyclic) bond motifs is 3. The van der Waals surface area contributed by atoms with E-state index in [0.717, 1.165) is 53.6 Å². The molecule has 2 aliphatic rings. The summed E-state index contributed by atoms with van der Waals surface area (Å²) in [5.74, 6) is 1.53. The van der Waals surface area contributed by atoms with Crippen molar-refractivity contribution < 1.29 is 19.1 Å². The van der Waals surface area contributed by atoms with E-state index in [4.69, 9.17) is 9.47 Å². The highest BCUT2D eigenvalue weighted by Crippen LogP contribution is 2.38. The van der Waals surface area contributed by atoms with Crippen LogP contribution >= 0.6 is 0 Å². The lowest BCUT2D eigenvalue weighted by atomic mass is 9.85. The van der Waals surface area contributed by atoms with Crippen LogP contribution in [-0.2, 0) is 11.2 Å². The van der Waals surface area contributed by atoms with Gasteiger partial charge in [0.25, 0.3) is 0 Å². The lowest BCUT2D eigenvalue weighted by Gasteiger charge is -2.34. The van der Waals surface area contributed by atoms with Crippen LogP contribution in [0.3, 0.4) is 0 Å². The number of ketones is 1. The van der Waals surface area contributed by atoms with Gasteiger partial charge >= 0.3 is 6.09 Å². The van der Waals surface area contributed by atoms with E-state index in [1.54, 1.807) is 12.0 Å². The van der Waals surface area contributed by atoms with Gasteiger partial charge in [-0.25, -0.2) is 4.79 Å². The van der Waals surface area contributed by atoms with Gasteiger partial charge in [-0.05, 0) is 70.1 Å². The average molecular weight is 399 g/mol. The van der Waals surface area contributed by atoms with E-state index in [2.05, 4.69) is 4.98 Å². The summed E-state index contributed by atoms with van der Waals surface area (Å²) in [5, 5.41) is 1.12. The number of ether oxygens (including phenoxy) is 2. The number of aromatic amines is 1. The van der Waals surface area contributed by atoms with Crippen LogP contribution in [-0.4, -0.2) is 47.6 Å². The van der Waals surface area contributed by atoms with E-state index in [0.29, 0.717) is 19.0 Å². The molecular formula is C23H30N2O4. The first-order valence-electron chi connectivity index (χ1n) is 10.5. The molecule has 4 rings (SSSR count). The van der Waals surface area contributed by atoms with Crippen molar-refractivity contribution >= 4 is 22.8 Å². The number of nitrogens with one attached hydrogen (secondary N) is 1. The molecule has 0 saturated carbocycles. The predicted molar refractivity (Wildman–Crippen MR) is 112 cm³/mol. The van der Waals surface area contributed by atoms with E-state index >= 15 is 0 Å². The van der Waals surface area contributed by atoms with Crippen molar-refractivity contribution in [2.45, 2.75) is 52.1 Å². The third-order valence-electron chi connectivity index (χ3n) is 6.07. The molecule has 6 heteroatoms. The fourth-order valence-electron chi connectivity index (χ4n) is 4.60. The Kier molecular flexibility index (Phi) is 5.05. The Morgan fingerprint density at radius 3 is 2.62 bits per heavy atom. The monoisotopic (exact) mass is 398 g/mol. The Bertz CT molecular complexity index is 932. The van der Waals surface area contributed by atoms with E-state index < -0.39 is 5.60 Å². The minimum atomic E-state index is -0.469.